The zero-order valence-electron chi connectivity index (χ0n) is 14.1. The van der Waals surface area contributed by atoms with Crippen molar-refractivity contribution in [2.75, 3.05) is 5.32 Å². The van der Waals surface area contributed by atoms with E-state index in [4.69, 9.17) is 4.42 Å². The van der Waals surface area contributed by atoms with E-state index in [9.17, 15) is 4.79 Å². The maximum absolute atomic E-state index is 12.7. The highest BCUT2D eigenvalue weighted by atomic mass is 16.3. The van der Waals surface area contributed by atoms with E-state index in [0.29, 0.717) is 23.6 Å². The van der Waals surface area contributed by atoms with E-state index < -0.39 is 0 Å². The normalized spacial score (nSPS) is 11.1. The van der Waals surface area contributed by atoms with Crippen LogP contribution in [-0.2, 0) is 13.6 Å². The molecule has 0 unspecified atom stereocenters. The van der Waals surface area contributed by atoms with Gasteiger partial charge in [-0.2, -0.15) is 5.10 Å². The first kappa shape index (κ1) is 15.3. The molecule has 6 nitrogen and oxygen atoms in total. The molecule has 0 aliphatic carbocycles. The Labute approximate surface area is 144 Å². The fraction of sp³-hybridized carbons (Fsp3) is 0.158. The predicted octanol–water partition coefficient (Wildman–Crippen LogP) is 3.58. The van der Waals surface area contributed by atoms with E-state index in [-0.39, 0.29) is 5.91 Å². The number of amides is 1. The lowest BCUT2D eigenvalue weighted by atomic mass is 10.1. The van der Waals surface area contributed by atoms with Gasteiger partial charge in [-0.3, -0.25) is 9.48 Å². The van der Waals surface area contributed by atoms with Gasteiger partial charge in [0.1, 0.15) is 5.69 Å². The molecule has 0 fully saturated rings. The summed E-state index contributed by atoms with van der Waals surface area (Å²) < 4.78 is 9.09. The first-order valence-electron chi connectivity index (χ1n) is 8.03. The van der Waals surface area contributed by atoms with Crippen LogP contribution in [-0.4, -0.2) is 20.3 Å². The van der Waals surface area contributed by atoms with Gasteiger partial charge in [0.15, 0.2) is 11.4 Å². The number of hydrogen-bond acceptors (Lipinski definition) is 3. The molecule has 0 saturated carbocycles. The minimum Gasteiger partial charge on any atom is -0.463 e. The number of carbonyl (C=O) groups is 1. The average Bonchev–Trinajstić information content (AvgIpc) is 3.27. The molecular weight excluding hydrogens is 316 g/mol. The van der Waals surface area contributed by atoms with Gasteiger partial charge in [-0.05, 0) is 12.5 Å². The number of aryl methyl sites for hydroxylation is 2. The summed E-state index contributed by atoms with van der Waals surface area (Å²) in [7, 11) is 1.81. The second kappa shape index (κ2) is 5.98. The number of nitrogens with one attached hydrogen (secondary N) is 1. The number of furan rings is 1. The largest absolute Gasteiger partial charge is 0.463 e. The number of benzene rings is 1. The van der Waals surface area contributed by atoms with Gasteiger partial charge in [0.05, 0.1) is 11.8 Å². The molecule has 0 atom stereocenters. The summed E-state index contributed by atoms with van der Waals surface area (Å²) in [6.07, 6.45) is 3.42. The Balaban J connectivity index is 1.69. The van der Waals surface area contributed by atoms with Crippen molar-refractivity contribution < 1.29 is 9.21 Å². The summed E-state index contributed by atoms with van der Waals surface area (Å²) in [6, 6.07) is 13.7. The fourth-order valence-corrected chi connectivity index (χ4v) is 2.87. The minimum atomic E-state index is -0.211. The van der Waals surface area contributed by atoms with Crippen molar-refractivity contribution in [3.8, 4) is 0 Å². The molecule has 25 heavy (non-hydrogen) atoms. The van der Waals surface area contributed by atoms with Gasteiger partial charge in [-0.1, -0.05) is 29.8 Å². The molecule has 4 rings (SSSR count). The van der Waals surface area contributed by atoms with Gasteiger partial charge >= 0.3 is 0 Å². The number of fused-ring (bicyclic) bond motifs is 1. The third-order valence-electron chi connectivity index (χ3n) is 4.17. The SMILES string of the molecule is Cc1ccc(Cn2c(C(=O)Nc3ccn(C)n3)cc3occc32)cc1. The van der Waals surface area contributed by atoms with Crippen molar-refractivity contribution in [3.63, 3.8) is 0 Å². The van der Waals surface area contributed by atoms with E-state index in [0.717, 1.165) is 11.1 Å². The van der Waals surface area contributed by atoms with Gasteiger partial charge in [-0.25, -0.2) is 0 Å². The van der Waals surface area contributed by atoms with Crippen LogP contribution in [0.5, 0.6) is 0 Å². The second-order valence-electron chi connectivity index (χ2n) is 6.10. The molecule has 1 aromatic carbocycles. The molecular formula is C19H18N4O2. The fourth-order valence-electron chi connectivity index (χ4n) is 2.87. The third-order valence-corrected chi connectivity index (χ3v) is 4.17. The van der Waals surface area contributed by atoms with Crippen molar-refractivity contribution in [3.05, 3.63) is 71.7 Å². The first-order chi connectivity index (χ1) is 12.1. The van der Waals surface area contributed by atoms with E-state index in [1.54, 1.807) is 29.3 Å². The Morgan fingerprint density at radius 2 is 2.00 bits per heavy atom. The van der Waals surface area contributed by atoms with Gasteiger partial charge in [0.25, 0.3) is 5.91 Å². The Morgan fingerprint density at radius 3 is 2.72 bits per heavy atom. The standard InChI is InChI=1S/C19H18N4O2/c1-13-3-5-14(6-4-13)12-23-15-8-10-25-17(15)11-16(23)19(24)20-18-7-9-22(2)21-18/h3-11H,12H2,1-2H3,(H,20,21,24). The van der Waals surface area contributed by atoms with Crippen molar-refractivity contribution in [2.45, 2.75) is 13.5 Å². The Hall–Kier alpha value is -3.28. The van der Waals surface area contributed by atoms with Crippen LogP contribution in [0.3, 0.4) is 0 Å². The molecule has 3 aromatic heterocycles. The maximum atomic E-state index is 12.7. The summed E-state index contributed by atoms with van der Waals surface area (Å²) in [4.78, 5) is 12.7. The van der Waals surface area contributed by atoms with Crippen LogP contribution in [0.1, 0.15) is 21.6 Å². The molecule has 1 amide bonds. The third kappa shape index (κ3) is 2.94. The lowest BCUT2D eigenvalue weighted by Crippen LogP contribution is -2.18. The van der Waals surface area contributed by atoms with Gasteiger partial charge in [0, 0.05) is 38.0 Å². The highest BCUT2D eigenvalue weighted by Gasteiger charge is 2.18. The molecule has 0 radical (unpaired) electrons. The highest BCUT2D eigenvalue weighted by Crippen LogP contribution is 2.23. The highest BCUT2D eigenvalue weighted by molar-refractivity contribution is 6.05. The number of carbonyl (C=O) groups excluding carboxylic acids is 1. The average molecular weight is 334 g/mol. The number of anilines is 1. The van der Waals surface area contributed by atoms with E-state index in [2.05, 4.69) is 41.6 Å². The number of rotatable bonds is 4. The van der Waals surface area contributed by atoms with Crippen molar-refractivity contribution in [1.29, 1.82) is 0 Å². The first-order valence-corrected chi connectivity index (χ1v) is 8.03. The quantitative estimate of drug-likeness (QED) is 0.620. The molecule has 0 aliphatic heterocycles. The molecule has 4 aromatic rings. The van der Waals surface area contributed by atoms with Crippen LogP contribution in [0.4, 0.5) is 5.82 Å². The molecule has 0 saturated heterocycles. The van der Waals surface area contributed by atoms with Gasteiger partial charge in [-0.15, -0.1) is 0 Å². The van der Waals surface area contributed by atoms with Crippen molar-refractivity contribution in [1.82, 2.24) is 14.3 Å². The van der Waals surface area contributed by atoms with Crippen LogP contribution in [0.15, 0.2) is 59.3 Å². The van der Waals surface area contributed by atoms with Crippen LogP contribution in [0.25, 0.3) is 11.1 Å². The predicted molar refractivity (Wildman–Crippen MR) is 95.6 cm³/mol. The van der Waals surface area contributed by atoms with E-state index in [1.165, 1.54) is 5.56 Å². The number of nitrogens with zero attached hydrogens (tertiary/aromatic N) is 3. The summed E-state index contributed by atoms with van der Waals surface area (Å²) in [6.45, 7) is 2.65. The summed E-state index contributed by atoms with van der Waals surface area (Å²) in [5.41, 5.74) is 4.46. The van der Waals surface area contributed by atoms with Crippen molar-refractivity contribution >= 4 is 22.8 Å². The monoisotopic (exact) mass is 334 g/mol. The lowest BCUT2D eigenvalue weighted by molar-refractivity contribution is 0.101. The molecule has 3 heterocycles. The molecule has 1 N–H and O–H groups in total. The minimum absolute atomic E-state index is 0.211. The Bertz CT molecular complexity index is 1040. The van der Waals surface area contributed by atoms with Crippen LogP contribution < -0.4 is 5.32 Å². The summed E-state index contributed by atoms with van der Waals surface area (Å²) >= 11 is 0. The van der Waals surface area contributed by atoms with Crippen LogP contribution >= 0.6 is 0 Å². The summed E-state index contributed by atoms with van der Waals surface area (Å²) in [5, 5.41) is 7.02. The maximum Gasteiger partial charge on any atom is 0.273 e. The molecule has 6 heteroatoms. The summed E-state index contributed by atoms with van der Waals surface area (Å²) in [5.74, 6) is 0.310. The molecule has 0 spiro atoms. The van der Waals surface area contributed by atoms with E-state index >= 15 is 0 Å². The molecule has 126 valence electrons. The number of hydrogen-bond donors (Lipinski definition) is 1. The Kier molecular flexibility index (Phi) is 3.65. The second-order valence-corrected chi connectivity index (χ2v) is 6.10. The van der Waals surface area contributed by atoms with Crippen molar-refractivity contribution in [2.24, 2.45) is 7.05 Å². The molecule has 0 aliphatic rings. The van der Waals surface area contributed by atoms with E-state index in [1.807, 2.05) is 17.7 Å². The van der Waals surface area contributed by atoms with Gasteiger partial charge in [0.2, 0.25) is 0 Å². The zero-order chi connectivity index (χ0) is 17.4. The topological polar surface area (TPSA) is 65.0 Å². The Morgan fingerprint density at radius 1 is 1.20 bits per heavy atom. The van der Waals surface area contributed by atoms with Crippen LogP contribution in [0, 0.1) is 6.92 Å². The lowest BCUT2D eigenvalue weighted by Gasteiger charge is -2.10. The zero-order valence-corrected chi connectivity index (χ0v) is 14.1. The number of aromatic nitrogens is 3. The van der Waals surface area contributed by atoms with Crippen LogP contribution in [0.2, 0.25) is 0 Å². The molecule has 0 bridgehead atoms. The smallest absolute Gasteiger partial charge is 0.273 e. The van der Waals surface area contributed by atoms with Gasteiger partial charge < -0.3 is 14.3 Å².